The Hall–Kier alpha value is -1.56. The van der Waals surface area contributed by atoms with Crippen LogP contribution >= 0.6 is 0 Å². The van der Waals surface area contributed by atoms with Crippen molar-refractivity contribution in [2.24, 2.45) is 0 Å². The molecule has 0 bridgehead atoms. The van der Waals surface area contributed by atoms with Crippen LogP contribution in [0.2, 0.25) is 0 Å². The van der Waals surface area contributed by atoms with Gasteiger partial charge in [0.25, 0.3) is 0 Å². The zero-order valence-corrected chi connectivity index (χ0v) is 10.7. The maximum absolute atomic E-state index is 12.8. The van der Waals surface area contributed by atoms with Gasteiger partial charge in [-0.2, -0.15) is 13.2 Å². The fourth-order valence-corrected chi connectivity index (χ4v) is 1.82. The Morgan fingerprint density at radius 2 is 1.79 bits per heavy atom. The van der Waals surface area contributed by atoms with E-state index in [1.54, 1.807) is 12.1 Å². The number of hydrogen-bond acceptors (Lipinski definition) is 2. The molecule has 0 spiro atoms. The lowest BCUT2D eigenvalue weighted by atomic mass is 9.94. The van der Waals surface area contributed by atoms with Crippen LogP contribution in [0.25, 0.3) is 0 Å². The second-order valence-corrected chi connectivity index (χ2v) is 4.67. The van der Waals surface area contributed by atoms with Crippen molar-refractivity contribution in [1.29, 1.82) is 0 Å². The SMILES string of the molecule is CN(C)Cc1ccc(C(CC(=O)O)C(F)(F)F)cc1. The van der Waals surface area contributed by atoms with E-state index in [0.29, 0.717) is 6.54 Å². The number of carboxylic acids is 1. The quantitative estimate of drug-likeness (QED) is 0.898. The summed E-state index contributed by atoms with van der Waals surface area (Å²) < 4.78 is 38.4. The minimum absolute atomic E-state index is 0.0163. The molecular weight excluding hydrogens is 259 g/mol. The summed E-state index contributed by atoms with van der Waals surface area (Å²) >= 11 is 0. The average Bonchev–Trinajstić information content (AvgIpc) is 2.25. The number of benzene rings is 1. The molecule has 0 amide bonds. The van der Waals surface area contributed by atoms with Crippen molar-refractivity contribution in [1.82, 2.24) is 4.90 Å². The Morgan fingerprint density at radius 1 is 1.26 bits per heavy atom. The summed E-state index contributed by atoms with van der Waals surface area (Å²) in [5, 5.41) is 8.58. The molecule has 3 nitrogen and oxygen atoms in total. The summed E-state index contributed by atoms with van der Waals surface area (Å²) in [7, 11) is 3.72. The van der Waals surface area contributed by atoms with E-state index in [-0.39, 0.29) is 5.56 Å². The second kappa shape index (κ2) is 6.06. The van der Waals surface area contributed by atoms with Crippen LogP contribution in [0.3, 0.4) is 0 Å². The number of nitrogens with zero attached hydrogens (tertiary/aromatic N) is 1. The molecule has 0 aliphatic heterocycles. The first-order valence-corrected chi connectivity index (χ1v) is 5.72. The molecule has 1 rings (SSSR count). The van der Waals surface area contributed by atoms with E-state index in [2.05, 4.69) is 0 Å². The Balaban J connectivity index is 2.94. The number of carbonyl (C=O) groups is 1. The van der Waals surface area contributed by atoms with Gasteiger partial charge in [-0.05, 0) is 25.2 Å². The van der Waals surface area contributed by atoms with Crippen LogP contribution in [0.4, 0.5) is 13.2 Å². The lowest BCUT2D eigenvalue weighted by Gasteiger charge is -2.19. The van der Waals surface area contributed by atoms with E-state index in [4.69, 9.17) is 5.11 Å². The van der Waals surface area contributed by atoms with Gasteiger partial charge in [0.05, 0.1) is 12.3 Å². The van der Waals surface area contributed by atoms with Crippen molar-refractivity contribution in [2.45, 2.75) is 25.1 Å². The predicted molar refractivity (Wildman–Crippen MR) is 64.9 cm³/mol. The first-order chi connectivity index (χ1) is 8.70. The molecule has 0 saturated heterocycles. The van der Waals surface area contributed by atoms with Crippen LogP contribution in [-0.2, 0) is 11.3 Å². The standard InChI is InChI=1S/C13H16F3NO2/c1-17(2)8-9-3-5-10(6-4-9)11(7-12(18)19)13(14,15)16/h3-6,11H,7-8H2,1-2H3,(H,18,19). The summed E-state index contributed by atoms with van der Waals surface area (Å²) in [5.74, 6) is -3.42. The first kappa shape index (κ1) is 15.5. The third kappa shape index (κ3) is 4.90. The lowest BCUT2D eigenvalue weighted by Crippen LogP contribution is -2.23. The molecule has 0 heterocycles. The van der Waals surface area contributed by atoms with E-state index in [1.165, 1.54) is 12.1 Å². The van der Waals surface area contributed by atoms with Crippen LogP contribution in [0, 0.1) is 0 Å². The van der Waals surface area contributed by atoms with Gasteiger partial charge in [0.1, 0.15) is 0 Å². The highest BCUT2D eigenvalue weighted by molar-refractivity contribution is 5.68. The van der Waals surface area contributed by atoms with E-state index in [9.17, 15) is 18.0 Å². The Morgan fingerprint density at radius 3 is 2.16 bits per heavy atom. The van der Waals surface area contributed by atoms with Gasteiger partial charge in [0.2, 0.25) is 0 Å². The highest BCUT2D eigenvalue weighted by atomic mass is 19.4. The van der Waals surface area contributed by atoms with Crippen LogP contribution in [0.5, 0.6) is 0 Å². The summed E-state index contributed by atoms with van der Waals surface area (Å²) in [6.07, 6.45) is -5.50. The Bertz CT molecular complexity index is 427. The number of hydrogen-bond donors (Lipinski definition) is 1. The van der Waals surface area contributed by atoms with E-state index < -0.39 is 24.5 Å². The maximum atomic E-state index is 12.8. The molecule has 1 unspecified atom stereocenters. The summed E-state index contributed by atoms with van der Waals surface area (Å²) in [5.41, 5.74) is 0.863. The Kier molecular flexibility index (Phi) is 4.94. The zero-order chi connectivity index (χ0) is 14.6. The highest BCUT2D eigenvalue weighted by Gasteiger charge is 2.41. The van der Waals surface area contributed by atoms with Crippen molar-refractivity contribution in [3.05, 3.63) is 35.4 Å². The van der Waals surface area contributed by atoms with Gasteiger partial charge >= 0.3 is 12.1 Å². The van der Waals surface area contributed by atoms with Gasteiger partial charge in [0.15, 0.2) is 0 Å². The third-order valence-electron chi connectivity index (χ3n) is 2.65. The molecule has 0 aliphatic rings. The van der Waals surface area contributed by atoms with Gasteiger partial charge in [-0.15, -0.1) is 0 Å². The molecule has 1 N–H and O–H groups in total. The number of alkyl halides is 3. The summed E-state index contributed by atoms with van der Waals surface area (Å²) in [6, 6.07) is 5.88. The summed E-state index contributed by atoms with van der Waals surface area (Å²) in [4.78, 5) is 12.4. The number of halogens is 3. The number of rotatable bonds is 5. The topological polar surface area (TPSA) is 40.5 Å². The fraction of sp³-hybridized carbons (Fsp3) is 0.462. The van der Waals surface area contributed by atoms with Crippen LogP contribution in [0.1, 0.15) is 23.5 Å². The van der Waals surface area contributed by atoms with Gasteiger partial charge in [-0.3, -0.25) is 4.79 Å². The van der Waals surface area contributed by atoms with Crippen LogP contribution in [-0.4, -0.2) is 36.2 Å². The van der Waals surface area contributed by atoms with Crippen molar-refractivity contribution in [3.63, 3.8) is 0 Å². The normalized spacial score (nSPS) is 13.6. The molecule has 106 valence electrons. The van der Waals surface area contributed by atoms with Crippen LogP contribution in [0.15, 0.2) is 24.3 Å². The van der Waals surface area contributed by atoms with E-state index in [0.717, 1.165) is 5.56 Å². The van der Waals surface area contributed by atoms with Gasteiger partial charge in [-0.25, -0.2) is 0 Å². The molecule has 19 heavy (non-hydrogen) atoms. The molecule has 6 heteroatoms. The van der Waals surface area contributed by atoms with Gasteiger partial charge < -0.3 is 10.0 Å². The monoisotopic (exact) mass is 275 g/mol. The van der Waals surface area contributed by atoms with Crippen molar-refractivity contribution < 1.29 is 23.1 Å². The Labute approximate surface area is 109 Å². The van der Waals surface area contributed by atoms with Gasteiger partial charge in [0, 0.05) is 6.54 Å². The predicted octanol–water partition coefficient (Wildman–Crippen LogP) is 2.87. The second-order valence-electron chi connectivity index (χ2n) is 4.67. The fourth-order valence-electron chi connectivity index (χ4n) is 1.82. The molecule has 1 atom stereocenters. The molecule has 0 radical (unpaired) electrons. The molecule has 1 aromatic rings. The zero-order valence-electron chi connectivity index (χ0n) is 10.7. The van der Waals surface area contributed by atoms with Gasteiger partial charge in [-0.1, -0.05) is 24.3 Å². The van der Waals surface area contributed by atoms with E-state index in [1.807, 2.05) is 19.0 Å². The van der Waals surface area contributed by atoms with Crippen molar-refractivity contribution >= 4 is 5.97 Å². The molecule has 0 aromatic heterocycles. The smallest absolute Gasteiger partial charge is 0.396 e. The first-order valence-electron chi connectivity index (χ1n) is 5.72. The van der Waals surface area contributed by atoms with Crippen molar-refractivity contribution in [2.75, 3.05) is 14.1 Å². The van der Waals surface area contributed by atoms with Crippen LogP contribution < -0.4 is 0 Å². The molecule has 0 saturated carbocycles. The molecule has 0 aliphatic carbocycles. The number of carboxylic acid groups (broad SMARTS) is 1. The summed E-state index contributed by atoms with van der Waals surface area (Å²) in [6.45, 7) is 0.621. The largest absolute Gasteiger partial charge is 0.481 e. The number of aliphatic carboxylic acids is 1. The third-order valence-corrected chi connectivity index (χ3v) is 2.65. The maximum Gasteiger partial charge on any atom is 0.396 e. The molecule has 1 aromatic carbocycles. The highest BCUT2D eigenvalue weighted by Crippen LogP contribution is 2.37. The van der Waals surface area contributed by atoms with E-state index >= 15 is 0 Å². The lowest BCUT2D eigenvalue weighted by molar-refractivity contribution is -0.163. The molecular formula is C13H16F3NO2. The molecule has 0 fully saturated rings. The minimum Gasteiger partial charge on any atom is -0.481 e. The average molecular weight is 275 g/mol. The van der Waals surface area contributed by atoms with Crippen molar-refractivity contribution in [3.8, 4) is 0 Å². The minimum atomic E-state index is -4.55.